The van der Waals surface area contributed by atoms with Gasteiger partial charge < -0.3 is 4.98 Å². The lowest BCUT2D eigenvalue weighted by atomic mass is 10.4. The van der Waals surface area contributed by atoms with Gasteiger partial charge in [0.25, 0.3) is 0 Å². The summed E-state index contributed by atoms with van der Waals surface area (Å²) in [5, 5.41) is 8.29. The van der Waals surface area contributed by atoms with Crippen molar-refractivity contribution in [3.05, 3.63) is 21.9 Å². The fourth-order valence-electron chi connectivity index (χ4n) is 0.864. The monoisotopic (exact) mass is 232 g/mol. The number of hydrogen-bond acceptors (Lipinski definition) is 2. The number of aromatic amines is 1. The van der Waals surface area contributed by atoms with Crippen molar-refractivity contribution in [2.45, 2.75) is 0 Å². The molecular weight excluding hydrogens is 231 g/mol. The van der Waals surface area contributed by atoms with Crippen LogP contribution in [0, 0.1) is 0 Å². The van der Waals surface area contributed by atoms with Gasteiger partial charge in [-0.15, -0.1) is 10.2 Å². The first kappa shape index (κ1) is 8.80. The zero-order valence-corrected chi connectivity index (χ0v) is 8.41. The second kappa shape index (κ2) is 3.17. The van der Waals surface area contributed by atoms with Crippen molar-refractivity contribution in [2.24, 2.45) is 15.2 Å². The first-order chi connectivity index (χ1) is 6.16. The minimum absolute atomic E-state index is 0.205. The van der Waals surface area contributed by atoms with Gasteiger partial charge in [0.2, 0.25) is 10.9 Å². The number of halogens is 2. The number of nitrogens with one attached hydrogen (secondary N) is 1. The van der Waals surface area contributed by atoms with Gasteiger partial charge in [-0.2, -0.15) is 4.99 Å². The van der Waals surface area contributed by atoms with E-state index in [2.05, 4.69) is 20.2 Å². The van der Waals surface area contributed by atoms with Crippen LogP contribution in [0.5, 0.6) is 0 Å². The molecule has 1 aliphatic rings. The lowest BCUT2D eigenvalue weighted by Crippen LogP contribution is -1.93. The molecule has 1 aliphatic heterocycles. The molecule has 2 heterocycles. The molecule has 1 N–H and O–H groups in total. The average Bonchev–Trinajstić information content (AvgIpc) is 2.61. The van der Waals surface area contributed by atoms with E-state index in [0.717, 1.165) is 0 Å². The summed E-state index contributed by atoms with van der Waals surface area (Å²) in [6.07, 6.45) is 0. The third-order valence-corrected chi connectivity index (χ3v) is 2.26. The molecule has 0 amide bonds. The largest absolute Gasteiger partial charge is 0.342 e. The molecule has 0 fully saturated rings. The number of hydrogen-bond donors (Lipinski definition) is 1. The molecule has 0 atom stereocenters. The van der Waals surface area contributed by atoms with Crippen LogP contribution in [0.3, 0.4) is 0 Å². The number of thiocarbonyl (C=S) groups is 1. The maximum atomic E-state index is 5.72. The Morgan fingerprint density at radius 2 is 2.08 bits per heavy atom. The van der Waals surface area contributed by atoms with Crippen LogP contribution < -0.4 is 0 Å². The summed E-state index contributed by atoms with van der Waals surface area (Å²) in [4.78, 5) is 6.68. The van der Waals surface area contributed by atoms with E-state index in [4.69, 9.17) is 35.4 Å². The number of aliphatic imine (C=N–C) groups is 1. The Kier molecular flexibility index (Phi) is 2.15. The van der Waals surface area contributed by atoms with E-state index in [-0.39, 0.29) is 5.11 Å². The second-order valence-electron chi connectivity index (χ2n) is 2.26. The average molecular weight is 233 g/mol. The third-order valence-electron chi connectivity index (χ3n) is 1.40. The van der Waals surface area contributed by atoms with Crippen LogP contribution in [0.1, 0.15) is 5.69 Å². The number of rotatable bonds is 1. The van der Waals surface area contributed by atoms with Gasteiger partial charge in [-0.05, 0) is 18.3 Å². The Balaban J connectivity index is 2.42. The fourth-order valence-corrected chi connectivity index (χ4v) is 1.30. The van der Waals surface area contributed by atoms with Gasteiger partial charge in [0.15, 0.2) is 0 Å². The van der Waals surface area contributed by atoms with Crippen LogP contribution in [0.15, 0.2) is 21.3 Å². The molecule has 1 aromatic rings. The molecule has 0 aromatic carbocycles. The molecule has 0 aliphatic carbocycles. The van der Waals surface area contributed by atoms with E-state index >= 15 is 0 Å². The molecule has 0 saturated carbocycles. The van der Waals surface area contributed by atoms with Gasteiger partial charge in [0, 0.05) is 0 Å². The predicted octanol–water partition coefficient (Wildman–Crippen LogP) is 2.82. The van der Waals surface area contributed by atoms with Crippen molar-refractivity contribution in [3.63, 3.8) is 0 Å². The third kappa shape index (κ3) is 1.63. The maximum absolute atomic E-state index is 5.72. The molecule has 0 bridgehead atoms. The van der Waals surface area contributed by atoms with Crippen molar-refractivity contribution in [1.82, 2.24) is 4.98 Å². The van der Waals surface area contributed by atoms with Gasteiger partial charge in [0.1, 0.15) is 5.15 Å². The summed E-state index contributed by atoms with van der Waals surface area (Å²) in [6, 6.07) is 1.62. The SMILES string of the molecule is S=C1N=NC(c2cc(Cl)c(Cl)[nH]2)=N1. The minimum Gasteiger partial charge on any atom is -0.342 e. The van der Waals surface area contributed by atoms with E-state index in [1.54, 1.807) is 6.07 Å². The summed E-state index contributed by atoms with van der Waals surface area (Å²) < 4.78 is 0. The molecule has 0 saturated heterocycles. The highest BCUT2D eigenvalue weighted by atomic mass is 35.5. The van der Waals surface area contributed by atoms with E-state index in [9.17, 15) is 0 Å². The molecule has 0 unspecified atom stereocenters. The van der Waals surface area contributed by atoms with E-state index in [0.29, 0.717) is 21.7 Å². The number of nitrogens with zero attached hydrogens (tertiary/aromatic N) is 3. The van der Waals surface area contributed by atoms with Gasteiger partial charge in [-0.3, -0.25) is 0 Å². The zero-order valence-electron chi connectivity index (χ0n) is 6.08. The normalized spacial score (nSPS) is 15.2. The molecule has 2 rings (SSSR count). The lowest BCUT2D eigenvalue weighted by Gasteiger charge is -1.86. The summed E-state index contributed by atoms with van der Waals surface area (Å²) in [5.74, 6) is 0.402. The highest BCUT2D eigenvalue weighted by Crippen LogP contribution is 2.23. The van der Waals surface area contributed by atoms with Crippen molar-refractivity contribution in [3.8, 4) is 0 Å². The summed E-state index contributed by atoms with van der Waals surface area (Å²) in [5.41, 5.74) is 0.610. The van der Waals surface area contributed by atoms with Crippen molar-refractivity contribution in [1.29, 1.82) is 0 Å². The number of azo groups is 1. The molecule has 13 heavy (non-hydrogen) atoms. The lowest BCUT2D eigenvalue weighted by molar-refractivity contribution is 1.32. The van der Waals surface area contributed by atoms with Gasteiger partial charge in [-0.25, -0.2) is 0 Å². The first-order valence-corrected chi connectivity index (χ1v) is 4.42. The Hall–Kier alpha value is -0.780. The number of aromatic nitrogens is 1. The summed E-state index contributed by atoms with van der Waals surface area (Å²) in [6.45, 7) is 0. The minimum atomic E-state index is 0.205. The van der Waals surface area contributed by atoms with Crippen LogP contribution in [0.25, 0.3) is 0 Å². The molecule has 1 aromatic heterocycles. The molecule has 66 valence electrons. The Morgan fingerprint density at radius 1 is 1.31 bits per heavy atom. The van der Waals surface area contributed by atoms with Gasteiger partial charge in [0.05, 0.1) is 10.7 Å². The molecule has 7 heteroatoms. The topological polar surface area (TPSA) is 52.9 Å². The van der Waals surface area contributed by atoms with Gasteiger partial charge >= 0.3 is 0 Å². The van der Waals surface area contributed by atoms with Crippen LogP contribution in [-0.4, -0.2) is 15.9 Å². The van der Waals surface area contributed by atoms with Crippen LogP contribution in [0.4, 0.5) is 0 Å². The fraction of sp³-hybridized carbons (Fsp3) is 0. The van der Waals surface area contributed by atoms with Crippen molar-refractivity contribution >= 4 is 46.4 Å². The Labute approximate surface area is 88.7 Å². The second-order valence-corrected chi connectivity index (χ2v) is 3.41. The molecule has 4 nitrogen and oxygen atoms in total. The van der Waals surface area contributed by atoms with E-state index < -0.39 is 0 Å². The Morgan fingerprint density at radius 3 is 2.54 bits per heavy atom. The molecular formula is C6H2Cl2N4S. The highest BCUT2D eigenvalue weighted by Gasteiger charge is 2.13. The predicted molar refractivity (Wildman–Crippen MR) is 54.8 cm³/mol. The summed E-state index contributed by atoms with van der Waals surface area (Å²) >= 11 is 16.1. The van der Waals surface area contributed by atoms with Crippen LogP contribution in [-0.2, 0) is 0 Å². The van der Waals surface area contributed by atoms with E-state index in [1.165, 1.54) is 0 Å². The van der Waals surface area contributed by atoms with Crippen molar-refractivity contribution in [2.75, 3.05) is 0 Å². The smallest absolute Gasteiger partial charge is 0.242 e. The highest BCUT2D eigenvalue weighted by molar-refractivity contribution is 7.80. The van der Waals surface area contributed by atoms with E-state index in [1.807, 2.05) is 0 Å². The van der Waals surface area contributed by atoms with Gasteiger partial charge in [-0.1, -0.05) is 23.2 Å². The number of H-pyrrole nitrogens is 1. The molecule has 0 spiro atoms. The van der Waals surface area contributed by atoms with Crippen molar-refractivity contribution < 1.29 is 0 Å². The maximum Gasteiger partial charge on any atom is 0.242 e. The Bertz CT molecular complexity index is 414. The standard InChI is InChI=1S/C6H2Cl2N4S/c7-2-1-3(9-4(2)8)5-10-6(13)12-11-5/h1,9H. The summed E-state index contributed by atoms with van der Waals surface area (Å²) in [7, 11) is 0. The molecule has 0 radical (unpaired) electrons. The van der Waals surface area contributed by atoms with Crippen LogP contribution >= 0.6 is 35.4 Å². The first-order valence-electron chi connectivity index (χ1n) is 3.25. The quantitative estimate of drug-likeness (QED) is 0.745. The zero-order chi connectivity index (χ0) is 9.42. The number of amidine groups is 1. The van der Waals surface area contributed by atoms with Crippen LogP contribution in [0.2, 0.25) is 10.2 Å².